The van der Waals surface area contributed by atoms with Crippen LogP contribution < -0.4 is 10.1 Å². The Morgan fingerprint density at radius 3 is 2.45 bits per heavy atom. The van der Waals surface area contributed by atoms with Gasteiger partial charge in [-0.1, -0.05) is 72.0 Å². The molecule has 0 saturated carbocycles. The lowest BCUT2D eigenvalue weighted by molar-refractivity contribution is 0.208. The Kier molecular flexibility index (Phi) is 4.60. The van der Waals surface area contributed by atoms with E-state index in [-0.39, 0.29) is 0 Å². The van der Waals surface area contributed by atoms with Gasteiger partial charge in [0.25, 0.3) is 5.19 Å². The number of aliphatic hydroxyl groups excluding tert-OH is 1. The summed E-state index contributed by atoms with van der Waals surface area (Å²) in [4.78, 5) is 4.48. The molecule has 1 atom stereocenters. The lowest BCUT2D eigenvalue weighted by Crippen LogP contribution is -2.09. The zero-order chi connectivity index (χ0) is 19.6. The molecule has 29 heavy (non-hydrogen) atoms. The minimum atomic E-state index is -0.822. The summed E-state index contributed by atoms with van der Waals surface area (Å²) >= 11 is 1.51. The topological polar surface area (TPSA) is 54.4 Å². The lowest BCUT2D eigenvalue weighted by Gasteiger charge is -2.16. The molecule has 0 fully saturated rings. The maximum atomic E-state index is 10.6. The Morgan fingerprint density at radius 1 is 0.828 bits per heavy atom. The summed E-state index contributed by atoms with van der Waals surface area (Å²) in [6, 6.07) is 29.4. The van der Waals surface area contributed by atoms with Crippen molar-refractivity contribution in [2.45, 2.75) is 6.23 Å². The van der Waals surface area contributed by atoms with Crippen molar-refractivity contribution in [2.75, 3.05) is 5.32 Å². The number of rotatable bonds is 5. The molecule has 1 aromatic heterocycles. The van der Waals surface area contributed by atoms with Crippen LogP contribution in [0.1, 0.15) is 11.8 Å². The van der Waals surface area contributed by atoms with Crippen molar-refractivity contribution >= 4 is 38.0 Å². The number of anilines is 1. The van der Waals surface area contributed by atoms with Crippen LogP contribution in [-0.4, -0.2) is 10.1 Å². The molecule has 2 N–H and O–H groups in total. The molecule has 5 rings (SSSR count). The van der Waals surface area contributed by atoms with E-state index in [1.54, 1.807) is 0 Å². The van der Waals surface area contributed by atoms with Crippen LogP contribution in [0.5, 0.6) is 10.9 Å². The van der Waals surface area contributed by atoms with Gasteiger partial charge in [0, 0.05) is 16.6 Å². The third-order valence-electron chi connectivity index (χ3n) is 4.76. The highest BCUT2D eigenvalue weighted by Gasteiger charge is 2.10. The van der Waals surface area contributed by atoms with E-state index >= 15 is 0 Å². The van der Waals surface area contributed by atoms with Crippen molar-refractivity contribution in [3.63, 3.8) is 0 Å². The van der Waals surface area contributed by atoms with Gasteiger partial charge in [-0.15, -0.1) is 0 Å². The predicted molar refractivity (Wildman–Crippen MR) is 119 cm³/mol. The molecule has 0 bridgehead atoms. The Hall–Kier alpha value is -3.41. The molecule has 1 heterocycles. The van der Waals surface area contributed by atoms with Crippen LogP contribution >= 0.6 is 11.3 Å². The Labute approximate surface area is 172 Å². The SMILES string of the molecule is OC(Nc1cccc2ccccc12)c1ccc(Oc2nc3ccccc3s2)cc1. The Bertz CT molecular complexity index is 1240. The van der Waals surface area contributed by atoms with Crippen molar-refractivity contribution < 1.29 is 9.84 Å². The molecule has 5 aromatic rings. The normalized spacial score (nSPS) is 12.2. The van der Waals surface area contributed by atoms with E-state index in [0.29, 0.717) is 10.9 Å². The molecule has 142 valence electrons. The Balaban J connectivity index is 1.32. The number of aliphatic hydroxyl groups is 1. The number of fused-ring (bicyclic) bond motifs is 2. The summed E-state index contributed by atoms with van der Waals surface area (Å²) in [7, 11) is 0. The number of thiazole rings is 1. The van der Waals surface area contributed by atoms with Gasteiger partial charge in [0.1, 0.15) is 5.75 Å². The number of ether oxygens (including phenoxy) is 1. The number of aromatic nitrogens is 1. The predicted octanol–water partition coefficient (Wildman–Crippen LogP) is 6.34. The highest BCUT2D eigenvalue weighted by Crippen LogP contribution is 2.32. The average molecular weight is 398 g/mol. The standard InChI is InChI=1S/C24H18N2O2S/c27-23(25-20-10-5-7-16-6-1-2-8-19(16)20)17-12-14-18(15-13-17)28-24-26-21-9-3-4-11-22(21)29-24/h1-15,23,25,27H. The maximum Gasteiger partial charge on any atom is 0.279 e. The number of para-hydroxylation sites is 1. The largest absolute Gasteiger partial charge is 0.431 e. The Morgan fingerprint density at radius 2 is 1.59 bits per heavy atom. The van der Waals surface area contributed by atoms with E-state index in [4.69, 9.17) is 4.74 Å². The number of hydrogen-bond acceptors (Lipinski definition) is 5. The minimum absolute atomic E-state index is 0.605. The van der Waals surface area contributed by atoms with Crippen LogP contribution in [0.2, 0.25) is 0 Å². The van der Waals surface area contributed by atoms with Crippen molar-refractivity contribution in [3.8, 4) is 10.9 Å². The van der Waals surface area contributed by atoms with Gasteiger partial charge in [0.2, 0.25) is 0 Å². The lowest BCUT2D eigenvalue weighted by atomic mass is 10.1. The zero-order valence-electron chi connectivity index (χ0n) is 15.4. The van der Waals surface area contributed by atoms with Crippen molar-refractivity contribution in [3.05, 3.63) is 96.6 Å². The van der Waals surface area contributed by atoms with Crippen LogP contribution in [0.25, 0.3) is 21.0 Å². The average Bonchev–Trinajstić information content (AvgIpc) is 3.17. The summed E-state index contributed by atoms with van der Waals surface area (Å²) in [6.07, 6.45) is -0.822. The van der Waals surface area contributed by atoms with E-state index in [9.17, 15) is 5.11 Å². The van der Waals surface area contributed by atoms with Crippen molar-refractivity contribution in [1.82, 2.24) is 4.98 Å². The van der Waals surface area contributed by atoms with E-state index in [1.807, 2.05) is 78.9 Å². The fraction of sp³-hybridized carbons (Fsp3) is 0.0417. The van der Waals surface area contributed by atoms with Gasteiger partial charge >= 0.3 is 0 Å². The fourth-order valence-corrected chi connectivity index (χ4v) is 4.13. The molecule has 0 spiro atoms. The number of benzene rings is 4. The minimum Gasteiger partial charge on any atom is -0.431 e. The quantitative estimate of drug-likeness (QED) is 0.339. The molecule has 1 unspecified atom stereocenters. The van der Waals surface area contributed by atoms with Gasteiger partial charge in [-0.2, -0.15) is 0 Å². The second-order valence-corrected chi connectivity index (χ2v) is 7.69. The first kappa shape index (κ1) is 17.7. The van der Waals surface area contributed by atoms with Crippen LogP contribution in [0.3, 0.4) is 0 Å². The summed E-state index contributed by atoms with van der Waals surface area (Å²) in [5, 5.41) is 16.6. The van der Waals surface area contributed by atoms with Crippen molar-refractivity contribution in [1.29, 1.82) is 0 Å². The molecule has 5 heteroatoms. The highest BCUT2D eigenvalue weighted by atomic mass is 32.1. The molecule has 0 radical (unpaired) electrons. The maximum absolute atomic E-state index is 10.6. The first-order chi connectivity index (χ1) is 14.3. The highest BCUT2D eigenvalue weighted by molar-refractivity contribution is 7.20. The van der Waals surface area contributed by atoms with Crippen LogP contribution in [0, 0.1) is 0 Å². The summed E-state index contributed by atoms with van der Waals surface area (Å²) in [6.45, 7) is 0. The monoisotopic (exact) mass is 398 g/mol. The summed E-state index contributed by atoms with van der Waals surface area (Å²) in [5.41, 5.74) is 2.58. The third-order valence-corrected chi connectivity index (χ3v) is 5.67. The van der Waals surface area contributed by atoms with Crippen LogP contribution in [0.15, 0.2) is 91.0 Å². The van der Waals surface area contributed by atoms with Crippen molar-refractivity contribution in [2.24, 2.45) is 0 Å². The first-order valence-electron chi connectivity index (χ1n) is 9.32. The fourth-order valence-electron chi connectivity index (χ4n) is 3.30. The molecule has 0 aliphatic carbocycles. The van der Waals surface area contributed by atoms with Gasteiger partial charge in [-0.25, -0.2) is 4.98 Å². The molecular formula is C24H18N2O2S. The molecule has 0 aliphatic heterocycles. The molecular weight excluding hydrogens is 380 g/mol. The van der Waals surface area contributed by atoms with Crippen LogP contribution in [-0.2, 0) is 0 Å². The third kappa shape index (κ3) is 3.66. The van der Waals surface area contributed by atoms with Gasteiger partial charge < -0.3 is 15.2 Å². The van der Waals surface area contributed by atoms with Gasteiger partial charge in [0.15, 0.2) is 6.23 Å². The smallest absolute Gasteiger partial charge is 0.279 e. The molecule has 0 aliphatic rings. The van der Waals surface area contributed by atoms with Gasteiger partial charge in [-0.05, 0) is 35.7 Å². The van der Waals surface area contributed by atoms with E-state index in [0.717, 1.165) is 32.2 Å². The number of nitrogens with zero attached hydrogens (tertiary/aromatic N) is 1. The van der Waals surface area contributed by atoms with Gasteiger partial charge in [-0.3, -0.25) is 0 Å². The molecule has 0 saturated heterocycles. The first-order valence-corrected chi connectivity index (χ1v) is 10.1. The summed E-state index contributed by atoms with van der Waals surface area (Å²) < 4.78 is 6.97. The zero-order valence-corrected chi connectivity index (χ0v) is 16.3. The molecule has 4 nitrogen and oxygen atoms in total. The number of nitrogens with one attached hydrogen (secondary N) is 1. The summed E-state index contributed by atoms with van der Waals surface area (Å²) in [5.74, 6) is 0.685. The second-order valence-electron chi connectivity index (χ2n) is 6.69. The van der Waals surface area contributed by atoms with E-state index < -0.39 is 6.23 Å². The van der Waals surface area contributed by atoms with Gasteiger partial charge in [0.05, 0.1) is 10.2 Å². The van der Waals surface area contributed by atoms with E-state index in [1.165, 1.54) is 11.3 Å². The molecule has 4 aromatic carbocycles. The van der Waals surface area contributed by atoms with Crippen LogP contribution in [0.4, 0.5) is 5.69 Å². The number of hydrogen-bond donors (Lipinski definition) is 2. The second kappa shape index (κ2) is 7.54. The van der Waals surface area contributed by atoms with E-state index in [2.05, 4.69) is 22.4 Å². The molecule has 0 amide bonds.